The van der Waals surface area contributed by atoms with E-state index in [1.165, 1.54) is 0 Å². The number of rotatable bonds is 17. The van der Waals surface area contributed by atoms with Crippen LogP contribution in [0.15, 0.2) is 0 Å². The van der Waals surface area contributed by atoms with Crippen LogP contribution in [-0.2, 0) is 38.2 Å². The van der Waals surface area contributed by atoms with Crippen molar-refractivity contribution >= 4 is 35.8 Å². The Kier molecular flexibility index (Phi) is 12.0. The Labute approximate surface area is 184 Å². The highest BCUT2D eigenvalue weighted by Gasteiger charge is 2.56. The molecule has 0 saturated carbocycles. The maximum absolute atomic E-state index is 12.0. The molecule has 0 aromatic rings. The third-order valence-electron chi connectivity index (χ3n) is 4.94. The molecule has 0 rings (SSSR count). The molecule has 0 heterocycles. The van der Waals surface area contributed by atoms with Gasteiger partial charge in [-0.2, -0.15) is 0 Å². The molecule has 0 saturated heterocycles. The smallest absolute Gasteiger partial charge is 0.303 e. The van der Waals surface area contributed by atoms with E-state index in [2.05, 4.69) is 0 Å². The first-order valence-electron chi connectivity index (χ1n) is 10.0. The van der Waals surface area contributed by atoms with Crippen LogP contribution in [-0.4, -0.2) is 67.4 Å². The maximum atomic E-state index is 12.0. The van der Waals surface area contributed by atoms with Crippen molar-refractivity contribution < 1.29 is 58.7 Å². The molecule has 0 aromatic heterocycles. The second-order valence-corrected chi connectivity index (χ2v) is 7.46. The van der Waals surface area contributed by atoms with Gasteiger partial charge in [-0.05, 0) is 25.7 Å². The predicted octanol–water partition coefficient (Wildman–Crippen LogP) is 1.83. The molecular formula is C20H30O12. The maximum Gasteiger partial charge on any atom is 0.303 e. The summed E-state index contributed by atoms with van der Waals surface area (Å²) in [5.74, 6) is -6.66. The van der Waals surface area contributed by atoms with Crippen LogP contribution < -0.4 is 0 Å². The minimum Gasteiger partial charge on any atom is -0.481 e. The Morgan fingerprint density at radius 3 is 1.06 bits per heavy atom. The van der Waals surface area contributed by atoms with Gasteiger partial charge in [0.15, 0.2) is 11.2 Å². The molecule has 0 atom stereocenters. The lowest BCUT2D eigenvalue weighted by Crippen LogP contribution is -2.59. The van der Waals surface area contributed by atoms with Gasteiger partial charge in [0.1, 0.15) is 0 Å². The number of carboxylic acid groups (broad SMARTS) is 4. The van der Waals surface area contributed by atoms with Crippen LogP contribution in [0.4, 0.5) is 0 Å². The summed E-state index contributed by atoms with van der Waals surface area (Å²) in [7, 11) is 0. The molecule has 0 fully saturated rings. The van der Waals surface area contributed by atoms with Crippen molar-refractivity contribution in [2.75, 3.05) is 0 Å². The van der Waals surface area contributed by atoms with Gasteiger partial charge in [-0.1, -0.05) is 0 Å². The topological polar surface area (TPSA) is 202 Å². The van der Waals surface area contributed by atoms with Crippen LogP contribution in [0.25, 0.3) is 0 Å². The van der Waals surface area contributed by atoms with Gasteiger partial charge in [0.25, 0.3) is 0 Å². The number of ether oxygens (including phenoxy) is 2. The molecule has 0 aromatic carbocycles. The van der Waals surface area contributed by atoms with E-state index in [1.807, 2.05) is 0 Å². The van der Waals surface area contributed by atoms with Gasteiger partial charge in [-0.15, -0.1) is 0 Å². The third-order valence-corrected chi connectivity index (χ3v) is 4.94. The van der Waals surface area contributed by atoms with Crippen molar-refractivity contribution in [3.63, 3.8) is 0 Å². The first-order chi connectivity index (χ1) is 14.7. The van der Waals surface area contributed by atoms with Gasteiger partial charge >= 0.3 is 35.8 Å². The number of esters is 2. The third kappa shape index (κ3) is 10.2. The number of carbonyl (C=O) groups is 6. The lowest BCUT2D eigenvalue weighted by molar-refractivity contribution is -0.223. The molecule has 0 unspecified atom stereocenters. The highest BCUT2D eigenvalue weighted by atomic mass is 16.6. The Hall–Kier alpha value is -3.18. The van der Waals surface area contributed by atoms with Crippen LogP contribution >= 0.6 is 0 Å². The largest absolute Gasteiger partial charge is 0.481 e. The molecule has 0 amide bonds. The Morgan fingerprint density at radius 1 is 0.531 bits per heavy atom. The van der Waals surface area contributed by atoms with Crippen molar-refractivity contribution in [3.05, 3.63) is 0 Å². The number of carbonyl (C=O) groups excluding carboxylic acids is 2. The van der Waals surface area contributed by atoms with E-state index in [4.69, 9.17) is 19.7 Å². The first kappa shape index (κ1) is 28.8. The highest BCUT2D eigenvalue weighted by Crippen LogP contribution is 2.45. The van der Waals surface area contributed by atoms with Gasteiger partial charge in [0.05, 0.1) is 0 Å². The summed E-state index contributed by atoms with van der Waals surface area (Å²) in [5.41, 5.74) is -3.77. The molecule has 12 heteroatoms. The monoisotopic (exact) mass is 462 g/mol. The summed E-state index contributed by atoms with van der Waals surface area (Å²) in [5, 5.41) is 36.5. The van der Waals surface area contributed by atoms with E-state index in [-0.39, 0.29) is 38.5 Å². The molecule has 0 radical (unpaired) electrons. The fourth-order valence-electron chi connectivity index (χ4n) is 3.77. The van der Waals surface area contributed by atoms with Gasteiger partial charge < -0.3 is 29.9 Å². The molecule has 0 bridgehead atoms. The van der Waals surface area contributed by atoms with Gasteiger partial charge in [-0.25, -0.2) is 0 Å². The molecule has 4 N–H and O–H groups in total. The second kappa shape index (κ2) is 13.3. The summed E-state index contributed by atoms with van der Waals surface area (Å²) in [6.45, 7) is 2.05. The number of aliphatic carboxylic acids is 4. The van der Waals surface area contributed by atoms with Crippen LogP contribution in [0.3, 0.4) is 0 Å². The van der Waals surface area contributed by atoms with Crippen molar-refractivity contribution in [2.45, 2.75) is 89.3 Å². The fraction of sp³-hybridized carbons (Fsp3) is 0.700. The zero-order valence-electron chi connectivity index (χ0n) is 18.1. The average molecular weight is 462 g/mol. The van der Waals surface area contributed by atoms with Gasteiger partial charge in [0, 0.05) is 52.4 Å². The van der Waals surface area contributed by atoms with Crippen LogP contribution in [0, 0.1) is 0 Å². The van der Waals surface area contributed by atoms with Crippen LogP contribution in [0.5, 0.6) is 0 Å². The Morgan fingerprint density at radius 2 is 0.812 bits per heavy atom. The zero-order chi connectivity index (χ0) is 24.9. The summed E-state index contributed by atoms with van der Waals surface area (Å²) < 4.78 is 11.0. The lowest BCUT2D eigenvalue weighted by Gasteiger charge is -2.49. The molecule has 32 heavy (non-hydrogen) atoms. The summed E-state index contributed by atoms with van der Waals surface area (Å²) >= 11 is 0. The molecule has 0 aliphatic rings. The minimum absolute atomic E-state index is 0.0845. The lowest BCUT2D eigenvalue weighted by atomic mass is 9.70. The SMILES string of the molecule is CC(=O)OC(CCCC(=O)O)(CCCC(=O)O)C(CCC(=O)O)(CCC(=O)O)OC(C)=O. The van der Waals surface area contributed by atoms with E-state index in [0.29, 0.717) is 0 Å². The first-order valence-corrected chi connectivity index (χ1v) is 10.0. The Balaban J connectivity index is 6.64. The number of carboxylic acids is 4. The van der Waals surface area contributed by atoms with Crippen molar-refractivity contribution in [1.82, 2.24) is 0 Å². The van der Waals surface area contributed by atoms with Crippen molar-refractivity contribution in [2.24, 2.45) is 0 Å². The van der Waals surface area contributed by atoms with E-state index in [9.17, 15) is 39.0 Å². The van der Waals surface area contributed by atoms with Gasteiger partial charge in [-0.3, -0.25) is 28.8 Å². The standard InChI is InChI=1S/C20H30O12/c1-13(21)31-19(9-3-5-15(23)24,10-4-6-16(25)26)20(32-14(2)22,11-7-17(27)28)12-8-18(29)30/h3-12H2,1-2H3,(H,23,24)(H,25,26)(H,27,28)(H,29,30). The van der Waals surface area contributed by atoms with Crippen molar-refractivity contribution in [1.29, 1.82) is 0 Å². The van der Waals surface area contributed by atoms with Crippen molar-refractivity contribution in [3.8, 4) is 0 Å². The van der Waals surface area contributed by atoms with E-state index in [0.717, 1.165) is 13.8 Å². The van der Waals surface area contributed by atoms with Gasteiger partial charge in [0.2, 0.25) is 0 Å². The molecule has 0 aliphatic heterocycles. The predicted molar refractivity (Wildman–Crippen MR) is 106 cm³/mol. The molecular weight excluding hydrogens is 432 g/mol. The van der Waals surface area contributed by atoms with E-state index < -0.39 is 72.7 Å². The minimum atomic E-state index is -1.93. The van der Waals surface area contributed by atoms with E-state index >= 15 is 0 Å². The highest BCUT2D eigenvalue weighted by molar-refractivity contribution is 5.71. The fourth-order valence-corrected chi connectivity index (χ4v) is 3.77. The summed E-state index contributed by atoms with van der Waals surface area (Å²) in [6.07, 6.45) is -3.34. The molecule has 12 nitrogen and oxygen atoms in total. The quantitative estimate of drug-likeness (QED) is 0.229. The average Bonchev–Trinajstić information content (AvgIpc) is 2.62. The number of hydrogen-bond donors (Lipinski definition) is 4. The molecule has 182 valence electrons. The summed E-state index contributed by atoms with van der Waals surface area (Å²) in [6, 6.07) is 0. The summed E-state index contributed by atoms with van der Waals surface area (Å²) in [4.78, 5) is 68.7. The molecule has 0 spiro atoms. The zero-order valence-corrected chi connectivity index (χ0v) is 18.1. The molecule has 0 aliphatic carbocycles. The Bertz CT molecular complexity index is 673. The second-order valence-electron chi connectivity index (χ2n) is 7.46. The van der Waals surface area contributed by atoms with E-state index in [1.54, 1.807) is 0 Å². The van der Waals surface area contributed by atoms with Crippen LogP contribution in [0.2, 0.25) is 0 Å². The van der Waals surface area contributed by atoms with Crippen LogP contribution in [0.1, 0.15) is 78.1 Å². The normalized spacial score (nSPS) is 11.4. The number of hydrogen-bond acceptors (Lipinski definition) is 8.